The maximum absolute atomic E-state index is 13.7. The summed E-state index contributed by atoms with van der Waals surface area (Å²) in [6.07, 6.45) is -1.53. The van der Waals surface area contributed by atoms with Crippen molar-refractivity contribution in [2.45, 2.75) is 20.3 Å². The monoisotopic (exact) mass is 422 g/mol. The number of nitrogens with one attached hydrogen (secondary N) is 1. The summed E-state index contributed by atoms with van der Waals surface area (Å²) < 4.78 is 33.8. The normalized spacial score (nSPS) is 11.1. The van der Waals surface area contributed by atoms with Gasteiger partial charge in [-0.3, -0.25) is 4.79 Å². The van der Waals surface area contributed by atoms with Crippen LogP contribution in [0, 0.1) is 6.92 Å². The molecule has 2 heterocycles. The number of aryl methyl sites for hydroxylation is 1. The van der Waals surface area contributed by atoms with Crippen LogP contribution in [0.2, 0.25) is 0 Å². The van der Waals surface area contributed by atoms with Crippen LogP contribution in [0.4, 0.5) is 14.5 Å². The van der Waals surface area contributed by atoms with E-state index in [-0.39, 0.29) is 16.9 Å². The second-order valence-electron chi connectivity index (χ2n) is 6.94. The summed E-state index contributed by atoms with van der Waals surface area (Å²) in [5, 5.41) is 6.73. The van der Waals surface area contributed by atoms with Crippen molar-refractivity contribution in [3.63, 3.8) is 0 Å². The van der Waals surface area contributed by atoms with Crippen LogP contribution in [0.3, 0.4) is 0 Å². The molecule has 158 valence electrons. The molecule has 4 aromatic rings. The van der Waals surface area contributed by atoms with Crippen LogP contribution in [-0.2, 0) is 0 Å². The van der Waals surface area contributed by atoms with Crippen molar-refractivity contribution in [2.75, 3.05) is 11.9 Å². The van der Waals surface area contributed by atoms with Gasteiger partial charge >= 0.3 is 0 Å². The van der Waals surface area contributed by atoms with E-state index in [9.17, 15) is 13.6 Å². The molecule has 0 atom stereocenters. The number of hydrogen-bond donors (Lipinski definition) is 1. The number of benzene rings is 2. The van der Waals surface area contributed by atoms with Gasteiger partial charge in [-0.1, -0.05) is 29.8 Å². The molecule has 8 heteroatoms. The average molecular weight is 422 g/mol. The van der Waals surface area contributed by atoms with Crippen LogP contribution in [0.25, 0.3) is 16.9 Å². The van der Waals surface area contributed by atoms with Gasteiger partial charge in [0.25, 0.3) is 12.3 Å². The van der Waals surface area contributed by atoms with Crippen LogP contribution in [-0.4, -0.2) is 27.1 Å². The van der Waals surface area contributed by atoms with Crippen LogP contribution < -0.4 is 10.1 Å². The number of anilines is 1. The molecular formula is C23H20F2N4O2. The fourth-order valence-electron chi connectivity index (χ4n) is 3.17. The number of carbonyl (C=O) groups is 1. The number of fused-ring (bicyclic) bond motifs is 1. The molecule has 0 radical (unpaired) electrons. The second kappa shape index (κ2) is 8.51. The Morgan fingerprint density at radius 3 is 2.48 bits per heavy atom. The standard InChI is InChI=1S/C23H20F2N4O2/c1-3-31-17-10-8-16(9-11-17)27-23(30)18-13-26-29-20(21(24)25)12-19(28-22(18)29)15-6-4-14(2)5-7-15/h4-13,21H,3H2,1-2H3,(H,27,30). The number of alkyl halides is 2. The molecule has 0 aliphatic heterocycles. The molecule has 0 aliphatic carbocycles. The highest BCUT2D eigenvalue weighted by atomic mass is 19.3. The molecule has 2 aromatic heterocycles. The Morgan fingerprint density at radius 1 is 1.13 bits per heavy atom. The zero-order chi connectivity index (χ0) is 22.0. The van der Waals surface area contributed by atoms with Gasteiger partial charge in [0.1, 0.15) is 17.0 Å². The lowest BCUT2D eigenvalue weighted by Crippen LogP contribution is -2.12. The summed E-state index contributed by atoms with van der Waals surface area (Å²) in [5.41, 5.74) is 2.44. The zero-order valence-electron chi connectivity index (χ0n) is 17.0. The largest absolute Gasteiger partial charge is 0.494 e. The smallest absolute Gasteiger partial charge is 0.280 e. The molecule has 0 unspecified atom stereocenters. The first-order valence-corrected chi connectivity index (χ1v) is 9.74. The van der Waals surface area contributed by atoms with Crippen molar-refractivity contribution in [3.05, 3.63) is 77.6 Å². The van der Waals surface area contributed by atoms with E-state index in [0.29, 0.717) is 29.3 Å². The third-order valence-corrected chi connectivity index (χ3v) is 4.74. The predicted octanol–water partition coefficient (Wildman–Crippen LogP) is 5.29. The molecule has 1 N–H and O–H groups in total. The Kier molecular flexibility index (Phi) is 5.62. The Bertz CT molecular complexity index is 1220. The number of amides is 1. The van der Waals surface area contributed by atoms with Gasteiger partial charge in [-0.05, 0) is 44.2 Å². The van der Waals surface area contributed by atoms with Crippen molar-refractivity contribution >= 4 is 17.2 Å². The topological polar surface area (TPSA) is 68.5 Å². The SMILES string of the molecule is CCOc1ccc(NC(=O)c2cnn3c(C(F)F)cc(-c4ccc(C)cc4)nc23)cc1. The maximum atomic E-state index is 13.7. The van der Waals surface area contributed by atoms with Crippen molar-refractivity contribution in [2.24, 2.45) is 0 Å². The second-order valence-corrected chi connectivity index (χ2v) is 6.94. The lowest BCUT2D eigenvalue weighted by atomic mass is 10.1. The molecular weight excluding hydrogens is 402 g/mol. The number of halogens is 2. The third-order valence-electron chi connectivity index (χ3n) is 4.74. The summed E-state index contributed by atoms with van der Waals surface area (Å²) in [7, 11) is 0. The number of ether oxygens (including phenoxy) is 1. The van der Waals surface area contributed by atoms with E-state index >= 15 is 0 Å². The summed E-state index contributed by atoms with van der Waals surface area (Å²) in [6.45, 7) is 4.35. The fraction of sp³-hybridized carbons (Fsp3) is 0.174. The highest BCUT2D eigenvalue weighted by Gasteiger charge is 2.21. The Labute approximate surface area is 177 Å². The minimum atomic E-state index is -2.78. The van der Waals surface area contributed by atoms with Crippen molar-refractivity contribution in [1.82, 2.24) is 14.6 Å². The zero-order valence-corrected chi connectivity index (χ0v) is 17.0. The van der Waals surface area contributed by atoms with E-state index in [4.69, 9.17) is 4.74 Å². The first kappa shape index (κ1) is 20.5. The van der Waals surface area contributed by atoms with Gasteiger partial charge in [0.15, 0.2) is 5.65 Å². The van der Waals surface area contributed by atoms with Gasteiger partial charge in [-0.25, -0.2) is 18.3 Å². The molecule has 6 nitrogen and oxygen atoms in total. The van der Waals surface area contributed by atoms with Crippen LogP contribution in [0.1, 0.15) is 35.0 Å². The van der Waals surface area contributed by atoms with Crippen LogP contribution in [0.15, 0.2) is 60.8 Å². The first-order valence-electron chi connectivity index (χ1n) is 9.74. The Balaban J connectivity index is 1.72. The van der Waals surface area contributed by atoms with E-state index in [0.717, 1.165) is 10.1 Å². The molecule has 1 amide bonds. The Morgan fingerprint density at radius 2 is 1.84 bits per heavy atom. The highest BCUT2D eigenvalue weighted by molar-refractivity contribution is 6.08. The summed E-state index contributed by atoms with van der Waals surface area (Å²) in [6, 6.07) is 15.5. The molecule has 4 rings (SSSR count). The van der Waals surface area contributed by atoms with Gasteiger partial charge in [0.2, 0.25) is 0 Å². The molecule has 0 saturated heterocycles. The van der Waals surface area contributed by atoms with Crippen LogP contribution >= 0.6 is 0 Å². The summed E-state index contributed by atoms with van der Waals surface area (Å²) in [5.74, 6) is 0.190. The van der Waals surface area contributed by atoms with Gasteiger partial charge < -0.3 is 10.1 Å². The molecule has 0 spiro atoms. The van der Waals surface area contributed by atoms with Crippen molar-refractivity contribution < 1.29 is 18.3 Å². The summed E-state index contributed by atoms with van der Waals surface area (Å²) >= 11 is 0. The number of rotatable bonds is 6. The van der Waals surface area contributed by atoms with E-state index in [2.05, 4.69) is 15.4 Å². The van der Waals surface area contributed by atoms with E-state index in [1.54, 1.807) is 36.4 Å². The van der Waals surface area contributed by atoms with E-state index < -0.39 is 12.3 Å². The maximum Gasteiger partial charge on any atom is 0.280 e. The molecule has 0 saturated carbocycles. The van der Waals surface area contributed by atoms with Gasteiger partial charge in [-0.15, -0.1) is 0 Å². The molecule has 31 heavy (non-hydrogen) atoms. The minimum Gasteiger partial charge on any atom is -0.494 e. The molecule has 0 aliphatic rings. The fourth-order valence-corrected chi connectivity index (χ4v) is 3.17. The highest BCUT2D eigenvalue weighted by Crippen LogP contribution is 2.27. The van der Waals surface area contributed by atoms with Crippen LogP contribution in [0.5, 0.6) is 5.75 Å². The van der Waals surface area contributed by atoms with Crippen molar-refractivity contribution in [3.8, 4) is 17.0 Å². The predicted molar refractivity (Wildman–Crippen MR) is 114 cm³/mol. The van der Waals surface area contributed by atoms with E-state index in [1.807, 2.05) is 26.0 Å². The van der Waals surface area contributed by atoms with Crippen molar-refractivity contribution in [1.29, 1.82) is 0 Å². The van der Waals surface area contributed by atoms with E-state index in [1.165, 1.54) is 12.3 Å². The lowest BCUT2D eigenvalue weighted by Gasteiger charge is -2.09. The Hall–Kier alpha value is -3.81. The summed E-state index contributed by atoms with van der Waals surface area (Å²) in [4.78, 5) is 17.3. The molecule has 0 bridgehead atoms. The third kappa shape index (κ3) is 4.23. The molecule has 2 aromatic carbocycles. The van der Waals surface area contributed by atoms with Gasteiger partial charge in [0.05, 0.1) is 18.5 Å². The van der Waals surface area contributed by atoms with Gasteiger partial charge in [0, 0.05) is 11.3 Å². The number of carbonyl (C=O) groups excluding carboxylic acids is 1. The lowest BCUT2D eigenvalue weighted by molar-refractivity contribution is 0.102. The first-order chi connectivity index (χ1) is 15.0. The molecule has 0 fully saturated rings. The minimum absolute atomic E-state index is 0.0665. The quantitative estimate of drug-likeness (QED) is 0.458. The number of nitrogens with zero attached hydrogens (tertiary/aromatic N) is 3. The number of hydrogen-bond acceptors (Lipinski definition) is 4. The number of aromatic nitrogens is 3. The average Bonchev–Trinajstić information content (AvgIpc) is 3.19. The van der Waals surface area contributed by atoms with Gasteiger partial charge in [-0.2, -0.15) is 5.10 Å².